The molecule has 6 heteroatoms. The first-order valence-electron chi connectivity index (χ1n) is 6.25. The van der Waals surface area contributed by atoms with E-state index >= 15 is 0 Å². The monoisotopic (exact) mass is 272 g/mol. The summed E-state index contributed by atoms with van der Waals surface area (Å²) in [4.78, 5) is 14.4. The highest BCUT2D eigenvalue weighted by Gasteiger charge is 2.27. The lowest BCUT2D eigenvalue weighted by atomic mass is 10.1. The van der Waals surface area contributed by atoms with Crippen LogP contribution in [-0.2, 0) is 0 Å². The number of H-pyrrole nitrogens is 1. The number of nitrogens with one attached hydrogen (secondary N) is 2. The molecule has 102 valence electrons. The molecule has 1 amide bonds. The fourth-order valence-electron chi connectivity index (χ4n) is 2.32. The van der Waals surface area contributed by atoms with Gasteiger partial charge in [0, 0.05) is 24.8 Å². The van der Waals surface area contributed by atoms with Crippen LogP contribution in [-0.4, -0.2) is 46.7 Å². The van der Waals surface area contributed by atoms with Crippen molar-refractivity contribution in [1.82, 2.24) is 20.4 Å². The number of amides is 1. The molecule has 0 radical (unpaired) electrons. The number of aromatic nitrogens is 2. The molecule has 1 atom stereocenters. The van der Waals surface area contributed by atoms with Crippen LogP contribution in [0.2, 0.25) is 0 Å². The summed E-state index contributed by atoms with van der Waals surface area (Å²) in [5.41, 5.74) is 1.55. The standard InChI is InChI=1S/C12H20N4O.ClH/c1-3-6-16(10-4-5-13-7-10)12(17)11-8-14-15-9(11)2;/h8,10,13H,3-7H2,1-2H3,(H,14,15);1H. The Balaban J connectivity index is 0.00000162. The van der Waals surface area contributed by atoms with E-state index in [-0.39, 0.29) is 18.3 Å². The van der Waals surface area contributed by atoms with Crippen molar-refractivity contribution in [3.8, 4) is 0 Å². The van der Waals surface area contributed by atoms with Gasteiger partial charge in [-0.25, -0.2) is 0 Å². The van der Waals surface area contributed by atoms with Crippen molar-refractivity contribution < 1.29 is 4.79 Å². The Hall–Kier alpha value is -1.07. The molecule has 1 saturated heterocycles. The van der Waals surface area contributed by atoms with Crippen molar-refractivity contribution in [2.75, 3.05) is 19.6 Å². The lowest BCUT2D eigenvalue weighted by Gasteiger charge is -2.28. The number of rotatable bonds is 4. The van der Waals surface area contributed by atoms with Crippen molar-refractivity contribution in [3.05, 3.63) is 17.5 Å². The molecule has 0 saturated carbocycles. The first-order valence-corrected chi connectivity index (χ1v) is 6.25. The molecule has 1 unspecified atom stereocenters. The maximum atomic E-state index is 12.4. The highest BCUT2D eigenvalue weighted by molar-refractivity contribution is 5.95. The van der Waals surface area contributed by atoms with Gasteiger partial charge in [-0.3, -0.25) is 9.89 Å². The van der Waals surface area contributed by atoms with Crippen LogP contribution in [0.3, 0.4) is 0 Å². The summed E-state index contributed by atoms with van der Waals surface area (Å²) in [6.45, 7) is 6.71. The molecule has 0 spiro atoms. The van der Waals surface area contributed by atoms with Gasteiger partial charge in [0.15, 0.2) is 0 Å². The average Bonchev–Trinajstić information content (AvgIpc) is 2.95. The number of carbonyl (C=O) groups excluding carboxylic acids is 1. The lowest BCUT2D eigenvalue weighted by Crippen LogP contribution is -2.42. The van der Waals surface area contributed by atoms with E-state index in [0.717, 1.165) is 38.2 Å². The first-order chi connectivity index (χ1) is 8.24. The number of hydrogen-bond acceptors (Lipinski definition) is 3. The van der Waals surface area contributed by atoms with Gasteiger partial charge in [-0.1, -0.05) is 6.92 Å². The third kappa shape index (κ3) is 3.03. The van der Waals surface area contributed by atoms with Gasteiger partial charge in [0.05, 0.1) is 11.8 Å². The zero-order valence-electron chi connectivity index (χ0n) is 10.9. The summed E-state index contributed by atoms with van der Waals surface area (Å²) < 4.78 is 0. The van der Waals surface area contributed by atoms with Gasteiger partial charge in [0.1, 0.15) is 0 Å². The summed E-state index contributed by atoms with van der Waals surface area (Å²) in [5, 5.41) is 10.1. The Labute approximate surface area is 114 Å². The fraction of sp³-hybridized carbons (Fsp3) is 0.667. The largest absolute Gasteiger partial charge is 0.334 e. The van der Waals surface area contributed by atoms with Crippen LogP contribution in [0, 0.1) is 6.92 Å². The van der Waals surface area contributed by atoms with Crippen LogP contribution in [0.1, 0.15) is 35.8 Å². The van der Waals surface area contributed by atoms with Gasteiger partial charge in [-0.05, 0) is 26.3 Å². The number of carbonyl (C=O) groups is 1. The number of halogens is 1. The molecular formula is C12H21ClN4O. The molecule has 1 aliphatic rings. The third-order valence-corrected chi connectivity index (χ3v) is 3.26. The third-order valence-electron chi connectivity index (χ3n) is 3.26. The maximum absolute atomic E-state index is 12.4. The highest BCUT2D eigenvalue weighted by Crippen LogP contribution is 2.15. The lowest BCUT2D eigenvalue weighted by molar-refractivity contribution is 0.0691. The molecule has 1 aromatic heterocycles. The quantitative estimate of drug-likeness (QED) is 0.870. The Morgan fingerprint density at radius 1 is 1.61 bits per heavy atom. The SMILES string of the molecule is CCCN(C(=O)c1cn[nH]c1C)C1CCNC1.Cl. The number of aromatic amines is 1. The molecule has 2 heterocycles. The van der Waals surface area contributed by atoms with Crippen LogP contribution in [0.15, 0.2) is 6.20 Å². The molecule has 1 aliphatic heterocycles. The normalized spacial score (nSPS) is 18.4. The Kier molecular flexibility index (Phi) is 5.62. The van der Waals surface area contributed by atoms with E-state index < -0.39 is 0 Å². The highest BCUT2D eigenvalue weighted by atomic mass is 35.5. The summed E-state index contributed by atoms with van der Waals surface area (Å²) in [6, 6.07) is 0.330. The predicted molar refractivity (Wildman–Crippen MR) is 73.2 cm³/mol. The van der Waals surface area contributed by atoms with E-state index in [1.54, 1.807) is 6.20 Å². The fourth-order valence-corrected chi connectivity index (χ4v) is 2.32. The summed E-state index contributed by atoms with van der Waals surface area (Å²) in [6.07, 6.45) is 3.66. The van der Waals surface area contributed by atoms with Crippen LogP contribution < -0.4 is 5.32 Å². The van der Waals surface area contributed by atoms with E-state index in [0.29, 0.717) is 11.6 Å². The molecule has 1 aromatic rings. The first kappa shape index (κ1) is 15.0. The maximum Gasteiger partial charge on any atom is 0.257 e. The molecule has 0 bridgehead atoms. The molecule has 2 rings (SSSR count). The van der Waals surface area contributed by atoms with Crippen molar-refractivity contribution in [2.45, 2.75) is 32.7 Å². The summed E-state index contributed by atoms with van der Waals surface area (Å²) in [7, 11) is 0. The topological polar surface area (TPSA) is 61.0 Å². The molecule has 1 fully saturated rings. The number of nitrogens with zero attached hydrogens (tertiary/aromatic N) is 2. The number of aryl methyl sites for hydroxylation is 1. The van der Waals surface area contributed by atoms with Crippen LogP contribution >= 0.6 is 12.4 Å². The summed E-state index contributed by atoms with van der Waals surface area (Å²) in [5.74, 6) is 0.104. The second kappa shape index (κ2) is 6.75. The molecule has 2 N–H and O–H groups in total. The van der Waals surface area contributed by atoms with Crippen molar-refractivity contribution >= 4 is 18.3 Å². The second-order valence-electron chi connectivity index (χ2n) is 4.55. The van der Waals surface area contributed by atoms with Gasteiger partial charge in [0.25, 0.3) is 5.91 Å². The molecule has 0 aliphatic carbocycles. The van der Waals surface area contributed by atoms with Crippen molar-refractivity contribution in [2.24, 2.45) is 0 Å². The second-order valence-corrected chi connectivity index (χ2v) is 4.55. The van der Waals surface area contributed by atoms with Gasteiger partial charge in [-0.15, -0.1) is 12.4 Å². The Morgan fingerprint density at radius 2 is 2.39 bits per heavy atom. The minimum Gasteiger partial charge on any atom is -0.334 e. The Bertz CT molecular complexity index is 387. The molecule has 18 heavy (non-hydrogen) atoms. The zero-order valence-corrected chi connectivity index (χ0v) is 11.7. The summed E-state index contributed by atoms with van der Waals surface area (Å²) >= 11 is 0. The van der Waals surface area contributed by atoms with E-state index in [1.807, 2.05) is 11.8 Å². The van der Waals surface area contributed by atoms with E-state index in [1.165, 1.54) is 0 Å². The predicted octanol–water partition coefficient (Wildman–Crippen LogP) is 1.35. The van der Waals surface area contributed by atoms with E-state index in [2.05, 4.69) is 22.4 Å². The van der Waals surface area contributed by atoms with Gasteiger partial charge >= 0.3 is 0 Å². The molecule has 0 aromatic carbocycles. The van der Waals surface area contributed by atoms with E-state index in [4.69, 9.17) is 0 Å². The van der Waals surface area contributed by atoms with Gasteiger partial charge in [-0.2, -0.15) is 5.10 Å². The minimum absolute atomic E-state index is 0. The van der Waals surface area contributed by atoms with Crippen LogP contribution in [0.4, 0.5) is 0 Å². The van der Waals surface area contributed by atoms with Crippen molar-refractivity contribution in [3.63, 3.8) is 0 Å². The van der Waals surface area contributed by atoms with Gasteiger partial charge < -0.3 is 10.2 Å². The van der Waals surface area contributed by atoms with Crippen LogP contribution in [0.25, 0.3) is 0 Å². The zero-order chi connectivity index (χ0) is 12.3. The van der Waals surface area contributed by atoms with Gasteiger partial charge in [0.2, 0.25) is 0 Å². The Morgan fingerprint density at radius 3 is 2.89 bits per heavy atom. The molecular weight excluding hydrogens is 252 g/mol. The van der Waals surface area contributed by atoms with E-state index in [9.17, 15) is 4.79 Å². The van der Waals surface area contributed by atoms with Crippen molar-refractivity contribution in [1.29, 1.82) is 0 Å². The smallest absolute Gasteiger partial charge is 0.257 e. The minimum atomic E-state index is 0. The van der Waals surface area contributed by atoms with Crippen LogP contribution in [0.5, 0.6) is 0 Å². The number of hydrogen-bond donors (Lipinski definition) is 2. The molecule has 5 nitrogen and oxygen atoms in total. The average molecular weight is 273 g/mol.